The van der Waals surface area contributed by atoms with Crippen LogP contribution in [0.5, 0.6) is 0 Å². The summed E-state index contributed by atoms with van der Waals surface area (Å²) in [4.78, 5) is 0. The lowest BCUT2D eigenvalue weighted by Gasteiger charge is -2.07. The highest BCUT2D eigenvalue weighted by atomic mass is 14.9. The van der Waals surface area contributed by atoms with E-state index in [9.17, 15) is 0 Å². The number of aromatic nitrogens is 2. The average molecular weight is 481 g/mol. The Morgan fingerprint density at radius 3 is 1.50 bits per heavy atom. The Bertz CT molecular complexity index is 2560. The molecule has 0 unspecified atom stereocenters. The molecule has 10 aromatic rings. The molecule has 10 rings (SSSR count). The summed E-state index contributed by atoms with van der Waals surface area (Å²) in [7, 11) is 0. The van der Waals surface area contributed by atoms with E-state index in [2.05, 4.69) is 130 Å². The Morgan fingerprint density at radius 2 is 0.789 bits per heavy atom. The van der Waals surface area contributed by atoms with Crippen molar-refractivity contribution in [1.29, 1.82) is 0 Å². The van der Waals surface area contributed by atoms with Crippen LogP contribution in [0.2, 0.25) is 0 Å². The van der Waals surface area contributed by atoms with E-state index in [0.29, 0.717) is 0 Å². The van der Waals surface area contributed by atoms with E-state index in [1.165, 1.54) is 87.3 Å². The van der Waals surface area contributed by atoms with Crippen molar-refractivity contribution in [3.05, 3.63) is 121 Å². The molecule has 2 heteroatoms. The van der Waals surface area contributed by atoms with Crippen LogP contribution in [0.15, 0.2) is 121 Å². The first-order chi connectivity index (χ1) is 18.9. The second-order valence-electron chi connectivity index (χ2n) is 10.5. The lowest BCUT2D eigenvalue weighted by molar-refractivity contribution is 1.36. The number of nitrogens with zero attached hydrogens (tertiary/aromatic N) is 2. The lowest BCUT2D eigenvalue weighted by Crippen LogP contribution is -1.86. The standard InChI is InChI=1S/C36H20N2/c1-3-16-31-23(8-1)25-11-7-15-29-30-20-21(18-19-33(30)37(31)35(25)29)22-10-5-13-27-28-14-6-12-26-24-9-2-4-17-32(24)38(34(22)27)36(26)28/h1-20H. The highest BCUT2D eigenvalue weighted by Crippen LogP contribution is 2.44. The molecule has 0 atom stereocenters. The van der Waals surface area contributed by atoms with Gasteiger partial charge < -0.3 is 8.80 Å². The maximum atomic E-state index is 2.50. The molecule has 0 saturated carbocycles. The van der Waals surface area contributed by atoms with E-state index in [-0.39, 0.29) is 0 Å². The topological polar surface area (TPSA) is 8.82 Å². The number of benzene rings is 6. The van der Waals surface area contributed by atoms with Gasteiger partial charge in [0.25, 0.3) is 0 Å². The second-order valence-corrected chi connectivity index (χ2v) is 10.5. The monoisotopic (exact) mass is 480 g/mol. The predicted molar refractivity (Wildman–Crippen MR) is 161 cm³/mol. The van der Waals surface area contributed by atoms with Crippen LogP contribution in [0, 0.1) is 0 Å². The van der Waals surface area contributed by atoms with Gasteiger partial charge in [-0.2, -0.15) is 0 Å². The average Bonchev–Trinajstić information content (AvgIpc) is 3.70. The Morgan fingerprint density at radius 1 is 0.316 bits per heavy atom. The Balaban J connectivity index is 1.37. The van der Waals surface area contributed by atoms with Crippen LogP contribution in [0.1, 0.15) is 0 Å². The largest absolute Gasteiger partial charge is 0.308 e. The Labute approximate surface area is 217 Å². The summed E-state index contributed by atoms with van der Waals surface area (Å²) in [5, 5.41) is 10.6. The van der Waals surface area contributed by atoms with Gasteiger partial charge in [0.05, 0.1) is 33.1 Å². The summed E-state index contributed by atoms with van der Waals surface area (Å²) >= 11 is 0. The fourth-order valence-electron chi connectivity index (χ4n) is 7.30. The van der Waals surface area contributed by atoms with Gasteiger partial charge in [0, 0.05) is 48.7 Å². The molecule has 0 aliphatic carbocycles. The predicted octanol–water partition coefficient (Wildman–Crippen LogP) is 9.65. The molecule has 0 spiro atoms. The first-order valence-electron chi connectivity index (χ1n) is 13.2. The highest BCUT2D eigenvalue weighted by Gasteiger charge is 2.21. The van der Waals surface area contributed by atoms with Crippen LogP contribution in [-0.4, -0.2) is 8.80 Å². The number of rotatable bonds is 1. The van der Waals surface area contributed by atoms with Crippen molar-refractivity contribution in [3.63, 3.8) is 0 Å². The lowest BCUT2D eigenvalue weighted by atomic mass is 9.99. The van der Waals surface area contributed by atoms with Crippen LogP contribution in [0.3, 0.4) is 0 Å². The van der Waals surface area contributed by atoms with Crippen LogP contribution >= 0.6 is 0 Å². The molecule has 0 aliphatic heterocycles. The van der Waals surface area contributed by atoms with Crippen LogP contribution in [0.4, 0.5) is 0 Å². The second kappa shape index (κ2) is 6.42. The molecule has 4 aromatic heterocycles. The molecular formula is C36H20N2. The van der Waals surface area contributed by atoms with Gasteiger partial charge in [0.2, 0.25) is 0 Å². The molecule has 38 heavy (non-hydrogen) atoms. The van der Waals surface area contributed by atoms with Crippen molar-refractivity contribution in [2.24, 2.45) is 0 Å². The zero-order chi connectivity index (χ0) is 24.5. The van der Waals surface area contributed by atoms with Gasteiger partial charge in [-0.3, -0.25) is 0 Å². The molecular weight excluding hydrogens is 460 g/mol. The normalized spacial score (nSPS) is 12.7. The first kappa shape index (κ1) is 19.1. The van der Waals surface area contributed by atoms with E-state index in [1.54, 1.807) is 0 Å². The van der Waals surface area contributed by atoms with Gasteiger partial charge in [0.15, 0.2) is 0 Å². The molecule has 0 amide bonds. The first-order valence-corrected chi connectivity index (χ1v) is 13.2. The third kappa shape index (κ3) is 2.06. The van der Waals surface area contributed by atoms with E-state index in [4.69, 9.17) is 0 Å². The highest BCUT2D eigenvalue weighted by molar-refractivity contribution is 6.26. The Kier molecular flexibility index (Phi) is 3.23. The fraction of sp³-hybridized carbons (Fsp3) is 0. The zero-order valence-electron chi connectivity index (χ0n) is 20.4. The summed E-state index contributed by atoms with van der Waals surface area (Å²) in [6.45, 7) is 0. The van der Waals surface area contributed by atoms with Crippen LogP contribution < -0.4 is 0 Å². The fourth-order valence-corrected chi connectivity index (χ4v) is 7.30. The van der Waals surface area contributed by atoms with Gasteiger partial charge >= 0.3 is 0 Å². The molecule has 6 aromatic carbocycles. The minimum absolute atomic E-state index is 1.26. The molecule has 174 valence electrons. The molecule has 0 aliphatic rings. The summed E-state index contributed by atoms with van der Waals surface area (Å²) in [6.07, 6.45) is 0. The molecule has 0 fully saturated rings. The van der Waals surface area contributed by atoms with E-state index >= 15 is 0 Å². The summed E-state index contributed by atoms with van der Waals surface area (Å²) < 4.78 is 4.95. The van der Waals surface area contributed by atoms with Gasteiger partial charge in [-0.25, -0.2) is 0 Å². The molecule has 0 bridgehead atoms. The summed E-state index contributed by atoms with van der Waals surface area (Å²) in [5.41, 5.74) is 10.3. The summed E-state index contributed by atoms with van der Waals surface area (Å²) in [6, 6.07) is 44.9. The SMILES string of the molecule is c1ccc2c(c1)c1cccc3c4cc(-c5cccc6c7cccc8c9ccccc9n(c56)c87)ccc4n2c13. The van der Waals surface area contributed by atoms with Crippen molar-refractivity contribution in [2.75, 3.05) is 0 Å². The maximum absolute atomic E-state index is 2.50. The molecule has 4 heterocycles. The number of para-hydroxylation sites is 5. The Hall–Kier alpha value is -5.08. The smallest absolute Gasteiger partial charge is 0.0620 e. The van der Waals surface area contributed by atoms with Gasteiger partial charge in [-0.05, 0) is 29.8 Å². The minimum atomic E-state index is 1.26. The zero-order valence-corrected chi connectivity index (χ0v) is 20.4. The maximum Gasteiger partial charge on any atom is 0.0620 e. The molecule has 0 N–H and O–H groups in total. The van der Waals surface area contributed by atoms with Crippen LogP contribution in [-0.2, 0) is 0 Å². The molecule has 2 nitrogen and oxygen atoms in total. The van der Waals surface area contributed by atoms with Crippen molar-refractivity contribution in [3.8, 4) is 11.1 Å². The number of hydrogen-bond acceptors (Lipinski definition) is 0. The number of fused-ring (bicyclic) bond motifs is 12. The van der Waals surface area contributed by atoms with Gasteiger partial charge in [-0.15, -0.1) is 0 Å². The van der Waals surface area contributed by atoms with Crippen molar-refractivity contribution < 1.29 is 0 Å². The molecule has 0 radical (unpaired) electrons. The van der Waals surface area contributed by atoms with Crippen molar-refractivity contribution >= 4 is 76.2 Å². The van der Waals surface area contributed by atoms with E-state index < -0.39 is 0 Å². The van der Waals surface area contributed by atoms with E-state index in [1.807, 2.05) is 0 Å². The van der Waals surface area contributed by atoms with Gasteiger partial charge in [0.1, 0.15) is 0 Å². The van der Waals surface area contributed by atoms with E-state index in [0.717, 1.165) is 0 Å². The van der Waals surface area contributed by atoms with Crippen LogP contribution in [0.25, 0.3) is 87.3 Å². The van der Waals surface area contributed by atoms with Crippen molar-refractivity contribution in [2.45, 2.75) is 0 Å². The quantitative estimate of drug-likeness (QED) is 0.221. The summed E-state index contributed by atoms with van der Waals surface area (Å²) in [5.74, 6) is 0. The third-order valence-electron chi connectivity index (χ3n) is 8.78. The number of hydrogen-bond donors (Lipinski definition) is 0. The van der Waals surface area contributed by atoms with Gasteiger partial charge in [-0.1, -0.05) is 97.1 Å². The van der Waals surface area contributed by atoms with Crippen molar-refractivity contribution in [1.82, 2.24) is 8.80 Å². The minimum Gasteiger partial charge on any atom is -0.308 e. The third-order valence-corrected chi connectivity index (χ3v) is 8.78. The molecule has 0 saturated heterocycles.